The maximum Gasteiger partial charge on any atom is 0.466 e. The van der Waals surface area contributed by atoms with Gasteiger partial charge in [-0.05, 0) is 12.8 Å². The zero-order valence-corrected chi connectivity index (χ0v) is 11.8. The number of hydrogen-bond donors (Lipinski definition) is 3. The summed E-state index contributed by atoms with van der Waals surface area (Å²) in [5.74, 6) is 0. The Labute approximate surface area is 98.9 Å². The minimum Gasteiger partial charge on any atom is -0.328 e. The van der Waals surface area contributed by atoms with Crippen molar-refractivity contribution in [1.29, 1.82) is 0 Å². The second-order valence-corrected chi connectivity index (χ2v) is 5.63. The number of unbranched alkanes of at least 4 members (excludes halogenated alkanes) is 2. The van der Waals surface area contributed by atoms with Crippen LogP contribution in [0.5, 0.6) is 0 Å². The van der Waals surface area contributed by atoms with E-state index in [4.69, 9.17) is 19.2 Å². The molecule has 0 saturated heterocycles. The molecule has 0 aromatic rings. The van der Waals surface area contributed by atoms with E-state index in [9.17, 15) is 0 Å². The van der Waals surface area contributed by atoms with Crippen LogP contribution >= 0.6 is 7.82 Å². The van der Waals surface area contributed by atoms with E-state index in [1.54, 1.807) is 0 Å². The lowest BCUT2D eigenvalue weighted by Crippen LogP contribution is -2.41. The first kappa shape index (κ1) is 18.4. The lowest BCUT2D eigenvalue weighted by Gasteiger charge is -2.29. The Morgan fingerprint density at radius 2 is 1.19 bits per heavy atom. The van der Waals surface area contributed by atoms with Crippen LogP contribution in [0.25, 0.3) is 0 Å². The third kappa shape index (κ3) is 23.7. The maximum absolute atomic E-state index is 8.88. The van der Waals surface area contributed by atoms with Crippen LogP contribution < -0.4 is 0 Å². The Kier molecular flexibility index (Phi) is 10.5. The predicted molar refractivity (Wildman–Crippen MR) is 65.9 cm³/mol. The van der Waals surface area contributed by atoms with Crippen molar-refractivity contribution in [1.82, 2.24) is 0 Å². The molecular weight excluding hydrogens is 229 g/mol. The van der Waals surface area contributed by atoms with Crippen LogP contribution in [0, 0.1) is 0 Å². The fraction of sp³-hybridized carbons (Fsp3) is 1.00. The molecule has 6 heteroatoms. The van der Waals surface area contributed by atoms with Gasteiger partial charge in [-0.3, -0.25) is 0 Å². The Hall–Kier alpha value is 0.0700. The molecule has 0 saturated carbocycles. The molecule has 16 heavy (non-hydrogen) atoms. The third-order valence-corrected chi connectivity index (χ3v) is 2.23. The van der Waals surface area contributed by atoms with Crippen LogP contribution in [0.3, 0.4) is 0 Å². The Morgan fingerprint density at radius 3 is 1.38 bits per heavy atom. The van der Waals surface area contributed by atoms with Gasteiger partial charge >= 0.3 is 7.82 Å². The van der Waals surface area contributed by atoms with E-state index in [1.807, 2.05) is 0 Å². The highest BCUT2D eigenvalue weighted by Gasteiger charge is 2.11. The van der Waals surface area contributed by atoms with E-state index in [2.05, 4.69) is 27.9 Å². The molecular formula is C10H27NO4P+. The summed E-state index contributed by atoms with van der Waals surface area (Å²) in [7, 11) is 0.0383. The van der Waals surface area contributed by atoms with Gasteiger partial charge in [-0.25, -0.2) is 4.57 Å². The Morgan fingerprint density at radius 1 is 0.938 bits per heavy atom. The summed E-state index contributed by atoms with van der Waals surface area (Å²) in [5.41, 5.74) is 0. The minimum atomic E-state index is -4.64. The number of phosphoric acid groups is 1. The van der Waals surface area contributed by atoms with Crippen LogP contribution in [0.1, 0.15) is 39.5 Å². The number of nitrogens with zero attached hydrogens (tertiary/aromatic N) is 1. The molecule has 0 rings (SSSR count). The summed E-state index contributed by atoms with van der Waals surface area (Å²) in [5, 5.41) is 0. The SMILES string of the molecule is CCCC[N+](C)(C)CCCC.O=P(O)(O)O. The van der Waals surface area contributed by atoms with Crippen molar-refractivity contribution in [2.24, 2.45) is 0 Å². The number of quaternary nitrogens is 1. The van der Waals surface area contributed by atoms with Crippen LogP contribution in [-0.4, -0.2) is 46.3 Å². The number of rotatable bonds is 6. The molecule has 0 aromatic heterocycles. The van der Waals surface area contributed by atoms with Crippen molar-refractivity contribution >= 4 is 7.82 Å². The van der Waals surface area contributed by atoms with Crippen molar-refractivity contribution < 1.29 is 23.7 Å². The zero-order valence-electron chi connectivity index (χ0n) is 10.9. The van der Waals surface area contributed by atoms with Crippen LogP contribution in [0.4, 0.5) is 0 Å². The molecule has 0 radical (unpaired) electrons. The second kappa shape index (κ2) is 9.14. The van der Waals surface area contributed by atoms with Gasteiger partial charge in [0, 0.05) is 0 Å². The molecule has 0 spiro atoms. The fourth-order valence-electron chi connectivity index (χ4n) is 1.28. The molecule has 0 aliphatic carbocycles. The largest absolute Gasteiger partial charge is 0.466 e. The average molecular weight is 256 g/mol. The monoisotopic (exact) mass is 256 g/mol. The number of hydrogen-bond acceptors (Lipinski definition) is 1. The van der Waals surface area contributed by atoms with Gasteiger partial charge < -0.3 is 19.2 Å². The summed E-state index contributed by atoms with van der Waals surface area (Å²) < 4.78 is 10.1. The van der Waals surface area contributed by atoms with Crippen LogP contribution in [-0.2, 0) is 4.57 Å². The summed E-state index contributed by atoms with van der Waals surface area (Å²) in [4.78, 5) is 21.6. The topological polar surface area (TPSA) is 77.8 Å². The van der Waals surface area contributed by atoms with E-state index in [0.717, 1.165) is 0 Å². The smallest absolute Gasteiger partial charge is 0.328 e. The summed E-state index contributed by atoms with van der Waals surface area (Å²) >= 11 is 0. The molecule has 100 valence electrons. The van der Waals surface area contributed by atoms with Gasteiger partial charge in [-0.15, -0.1) is 0 Å². The molecule has 5 nitrogen and oxygen atoms in total. The van der Waals surface area contributed by atoms with Crippen molar-refractivity contribution in [3.05, 3.63) is 0 Å². The molecule has 0 amide bonds. The van der Waals surface area contributed by atoms with Crippen molar-refractivity contribution in [3.8, 4) is 0 Å². The third-order valence-electron chi connectivity index (χ3n) is 2.23. The van der Waals surface area contributed by atoms with E-state index >= 15 is 0 Å². The summed E-state index contributed by atoms with van der Waals surface area (Å²) in [6.07, 6.45) is 5.40. The second-order valence-electron chi connectivity index (χ2n) is 4.60. The maximum atomic E-state index is 8.88. The van der Waals surface area contributed by atoms with Gasteiger partial charge in [0.2, 0.25) is 0 Å². The lowest BCUT2D eigenvalue weighted by atomic mass is 10.2. The molecule has 0 aliphatic heterocycles. The van der Waals surface area contributed by atoms with Gasteiger partial charge in [0.25, 0.3) is 0 Å². The molecule has 0 aliphatic rings. The molecule has 0 fully saturated rings. The van der Waals surface area contributed by atoms with Crippen molar-refractivity contribution in [2.45, 2.75) is 39.5 Å². The van der Waals surface area contributed by atoms with E-state index in [1.165, 1.54) is 43.3 Å². The van der Waals surface area contributed by atoms with E-state index in [0.29, 0.717) is 0 Å². The van der Waals surface area contributed by atoms with E-state index in [-0.39, 0.29) is 0 Å². The molecule has 3 N–H and O–H groups in total. The van der Waals surface area contributed by atoms with Gasteiger partial charge in [-0.1, -0.05) is 26.7 Å². The Balaban J connectivity index is 0. The van der Waals surface area contributed by atoms with Crippen LogP contribution in [0.15, 0.2) is 0 Å². The van der Waals surface area contributed by atoms with Crippen LogP contribution in [0.2, 0.25) is 0 Å². The first-order valence-electron chi connectivity index (χ1n) is 5.72. The van der Waals surface area contributed by atoms with Gasteiger partial charge in [0.15, 0.2) is 0 Å². The highest BCUT2D eigenvalue weighted by Crippen LogP contribution is 2.25. The quantitative estimate of drug-likeness (QED) is 0.499. The summed E-state index contributed by atoms with van der Waals surface area (Å²) in [6, 6.07) is 0. The molecule has 0 aromatic carbocycles. The Bertz CT molecular complexity index is 185. The lowest BCUT2D eigenvalue weighted by molar-refractivity contribution is -0.890. The van der Waals surface area contributed by atoms with E-state index < -0.39 is 7.82 Å². The fourth-order valence-corrected chi connectivity index (χ4v) is 1.28. The highest BCUT2D eigenvalue weighted by molar-refractivity contribution is 7.45. The zero-order chi connectivity index (χ0) is 13.2. The van der Waals surface area contributed by atoms with Crippen molar-refractivity contribution in [2.75, 3.05) is 27.2 Å². The first-order valence-corrected chi connectivity index (χ1v) is 7.29. The van der Waals surface area contributed by atoms with Gasteiger partial charge in [0.05, 0.1) is 27.2 Å². The molecule has 0 unspecified atom stereocenters. The molecule has 0 bridgehead atoms. The van der Waals surface area contributed by atoms with Crippen molar-refractivity contribution in [3.63, 3.8) is 0 Å². The molecule has 0 atom stereocenters. The minimum absolute atomic E-state index is 1.21. The summed E-state index contributed by atoms with van der Waals surface area (Å²) in [6.45, 7) is 7.21. The predicted octanol–water partition coefficient (Wildman–Crippen LogP) is 1.73. The van der Waals surface area contributed by atoms with Gasteiger partial charge in [0.1, 0.15) is 0 Å². The standard InChI is InChI=1S/C10H24N.H3O4P/c1-5-7-9-11(3,4)10-8-6-2;1-5(2,3)4/h5-10H2,1-4H3;(H3,1,2,3,4)/q+1;. The average Bonchev–Trinajstić information content (AvgIpc) is 2.09. The van der Waals surface area contributed by atoms with Gasteiger partial charge in [-0.2, -0.15) is 0 Å². The molecule has 0 heterocycles. The highest BCUT2D eigenvalue weighted by atomic mass is 31.2. The first-order chi connectivity index (χ1) is 7.12. The normalized spacial score (nSPS) is 11.9.